The monoisotopic (exact) mass is 428 g/mol. The summed E-state index contributed by atoms with van der Waals surface area (Å²) in [6.45, 7) is 0. The van der Waals surface area contributed by atoms with E-state index in [0.717, 1.165) is 96.3 Å². The summed E-state index contributed by atoms with van der Waals surface area (Å²) in [5, 5.41) is 17.1. The van der Waals surface area contributed by atoms with Gasteiger partial charge in [0.25, 0.3) is 0 Å². The van der Waals surface area contributed by atoms with E-state index in [-0.39, 0.29) is 6.42 Å². The maximum absolute atomic E-state index is 10.4. The van der Waals surface area contributed by atoms with Crippen LogP contribution in [0.25, 0.3) is 0 Å². The fourth-order valence-corrected chi connectivity index (χ4v) is 3.05. The van der Waals surface area contributed by atoms with Crippen molar-refractivity contribution >= 4 is 11.9 Å². The lowest BCUT2D eigenvalue weighted by Gasteiger charge is -1.98. The van der Waals surface area contributed by atoms with Crippen molar-refractivity contribution in [2.75, 3.05) is 0 Å². The van der Waals surface area contributed by atoms with Gasteiger partial charge in [0.2, 0.25) is 0 Å². The van der Waals surface area contributed by atoms with Crippen molar-refractivity contribution < 1.29 is 19.8 Å². The smallest absolute Gasteiger partial charge is 0.303 e. The van der Waals surface area contributed by atoms with Gasteiger partial charge in [-0.1, -0.05) is 63.2 Å². The Morgan fingerprint density at radius 2 is 0.742 bits per heavy atom. The van der Waals surface area contributed by atoms with Crippen molar-refractivity contribution in [3.63, 3.8) is 0 Å². The van der Waals surface area contributed by atoms with Gasteiger partial charge in [0.15, 0.2) is 0 Å². The van der Waals surface area contributed by atoms with E-state index in [0.29, 0.717) is 6.42 Å². The third kappa shape index (κ3) is 27.6. The fraction of sp³-hybridized carbons (Fsp3) is 0.704. The molecule has 0 saturated carbocycles. The van der Waals surface area contributed by atoms with Crippen LogP contribution in [0.3, 0.4) is 0 Å². The number of aliphatic carboxylic acids is 2. The molecule has 0 aliphatic rings. The fourth-order valence-electron chi connectivity index (χ4n) is 3.05. The summed E-state index contributed by atoms with van der Waals surface area (Å²) in [5.41, 5.74) is 0. The predicted molar refractivity (Wildman–Crippen MR) is 126 cm³/mol. The molecule has 4 nitrogen and oxygen atoms in total. The van der Waals surface area contributed by atoms with Crippen LogP contribution < -0.4 is 0 Å². The van der Waals surface area contributed by atoms with E-state index < -0.39 is 11.9 Å². The van der Waals surface area contributed by atoms with E-state index in [4.69, 9.17) is 10.2 Å². The van der Waals surface area contributed by atoms with Gasteiger partial charge in [-0.25, -0.2) is 0 Å². The number of carboxylic acid groups (broad SMARTS) is 2. The lowest BCUT2D eigenvalue weighted by atomic mass is 10.1. The highest BCUT2D eigenvalue weighted by Crippen LogP contribution is 2.09. The number of rotatable bonds is 18. The normalized spacial score (nSPS) is 9.55. The molecule has 0 aromatic rings. The summed E-state index contributed by atoms with van der Waals surface area (Å²) in [4.78, 5) is 20.8. The van der Waals surface area contributed by atoms with Gasteiger partial charge in [-0.15, -0.1) is 11.8 Å². The number of hydrogen-bond donors (Lipinski definition) is 2. The second kappa shape index (κ2) is 23.9. The molecule has 0 saturated heterocycles. The Morgan fingerprint density at radius 3 is 1.19 bits per heavy atom. The van der Waals surface area contributed by atoms with Crippen molar-refractivity contribution in [2.24, 2.45) is 0 Å². The van der Waals surface area contributed by atoms with Crippen LogP contribution in [0.1, 0.15) is 122 Å². The first kappa shape index (κ1) is 28.6. The molecule has 0 spiro atoms. The number of carbonyl (C=O) groups is 2. The molecule has 0 fully saturated rings. The molecule has 4 heteroatoms. The SMILES string of the molecule is O=C(O)CCCCCCCCC#CC#CCCCC#CCCCCCCCCC(=O)O. The Bertz CT molecular complexity index is 646. The molecule has 0 aliphatic carbocycles. The number of carboxylic acids is 2. The van der Waals surface area contributed by atoms with E-state index in [1.807, 2.05) is 0 Å². The van der Waals surface area contributed by atoms with Crippen LogP contribution in [0.15, 0.2) is 0 Å². The first-order valence-electron chi connectivity index (χ1n) is 12.0. The van der Waals surface area contributed by atoms with Gasteiger partial charge in [0.05, 0.1) is 0 Å². The van der Waals surface area contributed by atoms with Crippen LogP contribution in [0.4, 0.5) is 0 Å². The van der Waals surface area contributed by atoms with E-state index in [1.165, 1.54) is 12.8 Å². The zero-order valence-corrected chi connectivity index (χ0v) is 19.1. The molecule has 0 aliphatic heterocycles. The molecule has 0 unspecified atom stereocenters. The van der Waals surface area contributed by atoms with E-state index in [1.54, 1.807) is 0 Å². The molecule has 172 valence electrons. The topological polar surface area (TPSA) is 74.6 Å². The summed E-state index contributed by atoms with van der Waals surface area (Å²) in [7, 11) is 0. The quantitative estimate of drug-likeness (QED) is 0.191. The van der Waals surface area contributed by atoms with Gasteiger partial charge in [0.1, 0.15) is 0 Å². The maximum Gasteiger partial charge on any atom is 0.303 e. The van der Waals surface area contributed by atoms with Crippen LogP contribution in [-0.4, -0.2) is 22.2 Å². The van der Waals surface area contributed by atoms with Gasteiger partial charge in [-0.05, 0) is 43.9 Å². The molecule has 0 amide bonds. The Labute approximate surface area is 189 Å². The Balaban J connectivity index is 3.36. The molecule has 31 heavy (non-hydrogen) atoms. The summed E-state index contributed by atoms with van der Waals surface area (Å²) in [6, 6.07) is 0. The maximum atomic E-state index is 10.4. The Kier molecular flexibility index (Phi) is 22.1. The second-order valence-corrected chi connectivity index (χ2v) is 7.84. The first-order valence-corrected chi connectivity index (χ1v) is 12.0. The van der Waals surface area contributed by atoms with Crippen molar-refractivity contribution in [3.8, 4) is 35.5 Å². The van der Waals surface area contributed by atoms with Crippen LogP contribution in [0, 0.1) is 35.5 Å². The van der Waals surface area contributed by atoms with E-state index in [9.17, 15) is 9.59 Å². The van der Waals surface area contributed by atoms with Gasteiger partial charge in [0, 0.05) is 38.5 Å². The van der Waals surface area contributed by atoms with Crippen LogP contribution in [-0.2, 0) is 9.59 Å². The molecule has 0 bridgehead atoms. The third-order valence-electron chi connectivity index (χ3n) is 4.85. The molecule has 2 N–H and O–H groups in total. The molecular formula is C27H40O4. The highest BCUT2D eigenvalue weighted by Gasteiger charge is 1.97. The zero-order valence-electron chi connectivity index (χ0n) is 19.1. The summed E-state index contributed by atoms with van der Waals surface area (Å²) >= 11 is 0. The third-order valence-corrected chi connectivity index (χ3v) is 4.85. The molecule has 0 atom stereocenters. The van der Waals surface area contributed by atoms with Crippen LogP contribution in [0.5, 0.6) is 0 Å². The van der Waals surface area contributed by atoms with Gasteiger partial charge < -0.3 is 10.2 Å². The van der Waals surface area contributed by atoms with Crippen LogP contribution in [0.2, 0.25) is 0 Å². The van der Waals surface area contributed by atoms with E-state index >= 15 is 0 Å². The molecular weight excluding hydrogens is 388 g/mol. The van der Waals surface area contributed by atoms with Gasteiger partial charge >= 0.3 is 11.9 Å². The Hall–Kier alpha value is -2.38. The molecule has 0 aromatic heterocycles. The van der Waals surface area contributed by atoms with Crippen LogP contribution >= 0.6 is 0 Å². The van der Waals surface area contributed by atoms with Crippen molar-refractivity contribution in [1.82, 2.24) is 0 Å². The van der Waals surface area contributed by atoms with E-state index in [2.05, 4.69) is 35.5 Å². The second-order valence-electron chi connectivity index (χ2n) is 7.84. The molecule has 0 aromatic carbocycles. The molecule has 0 radical (unpaired) electrons. The minimum absolute atomic E-state index is 0.288. The molecule has 0 heterocycles. The average molecular weight is 429 g/mol. The standard InChI is InChI=1S/C27H40O4/c28-26(29)24-22-20-18-16-14-12-10-8-6-4-2-1-3-5-7-9-11-13-15-17-19-21-23-25-27(30)31/h1-2,4,10-25H2,(H,28,29)(H,30,31). The van der Waals surface area contributed by atoms with Crippen molar-refractivity contribution in [3.05, 3.63) is 0 Å². The van der Waals surface area contributed by atoms with Gasteiger partial charge in [-0.2, -0.15) is 0 Å². The highest BCUT2D eigenvalue weighted by atomic mass is 16.4. The summed E-state index contributed by atoms with van der Waals surface area (Å²) in [5.74, 6) is 17.1. The minimum Gasteiger partial charge on any atom is -0.481 e. The lowest BCUT2D eigenvalue weighted by Crippen LogP contribution is -1.93. The van der Waals surface area contributed by atoms with Gasteiger partial charge in [-0.3, -0.25) is 9.59 Å². The average Bonchev–Trinajstić information content (AvgIpc) is 2.73. The predicted octanol–water partition coefficient (Wildman–Crippen LogP) is 6.58. The summed E-state index contributed by atoms with van der Waals surface area (Å²) in [6.07, 6.45) is 17.9. The largest absolute Gasteiger partial charge is 0.481 e. The van der Waals surface area contributed by atoms with Crippen molar-refractivity contribution in [2.45, 2.75) is 122 Å². The minimum atomic E-state index is -0.699. The first-order chi connectivity index (χ1) is 15.1. The highest BCUT2D eigenvalue weighted by molar-refractivity contribution is 5.66. The number of hydrogen-bond acceptors (Lipinski definition) is 2. The Morgan fingerprint density at radius 1 is 0.419 bits per heavy atom. The number of unbranched alkanes of at least 4 members (excludes halogenated alkanes) is 14. The summed E-state index contributed by atoms with van der Waals surface area (Å²) < 4.78 is 0. The van der Waals surface area contributed by atoms with Crippen molar-refractivity contribution in [1.29, 1.82) is 0 Å². The zero-order chi connectivity index (χ0) is 22.8. The molecule has 0 rings (SSSR count). The lowest BCUT2D eigenvalue weighted by molar-refractivity contribution is -0.138.